The standard InChI is InChI=1S/C11H19NO3S/c1-4-16(13,14)11(8-12)6-10(7-15-3)5-9(11)2/h9-10H,4-7H2,1-3H3/t9-,10+,11-/m0/s1. The second-order valence-corrected chi connectivity index (χ2v) is 7.10. The zero-order chi connectivity index (χ0) is 12.4. The first kappa shape index (κ1) is 13.5. The molecular formula is C11H19NO3S. The Morgan fingerprint density at radius 2 is 2.19 bits per heavy atom. The molecule has 0 amide bonds. The highest BCUT2D eigenvalue weighted by Gasteiger charge is 2.53. The van der Waals surface area contributed by atoms with Crippen molar-refractivity contribution in [2.45, 2.75) is 31.4 Å². The van der Waals surface area contributed by atoms with Crippen LogP contribution < -0.4 is 0 Å². The average Bonchev–Trinajstić information content (AvgIpc) is 2.57. The molecule has 0 bridgehead atoms. The normalized spacial score (nSPS) is 34.9. The fourth-order valence-corrected chi connectivity index (χ4v) is 4.54. The van der Waals surface area contributed by atoms with Gasteiger partial charge in [0.25, 0.3) is 0 Å². The zero-order valence-electron chi connectivity index (χ0n) is 10.1. The number of sulfone groups is 1. The molecule has 0 spiro atoms. The van der Waals surface area contributed by atoms with Crippen LogP contribution in [0.5, 0.6) is 0 Å². The molecular weight excluding hydrogens is 226 g/mol. The Hall–Kier alpha value is -0.600. The lowest BCUT2D eigenvalue weighted by Crippen LogP contribution is -2.41. The van der Waals surface area contributed by atoms with E-state index in [-0.39, 0.29) is 17.6 Å². The van der Waals surface area contributed by atoms with Gasteiger partial charge in [0.15, 0.2) is 14.6 Å². The molecule has 5 heteroatoms. The molecule has 0 aromatic rings. The highest BCUT2D eigenvalue weighted by atomic mass is 32.2. The third-order valence-electron chi connectivity index (χ3n) is 3.60. The van der Waals surface area contributed by atoms with Gasteiger partial charge in [-0.15, -0.1) is 0 Å². The molecule has 16 heavy (non-hydrogen) atoms. The Bertz CT molecular complexity index is 385. The number of hydrogen-bond donors (Lipinski definition) is 0. The van der Waals surface area contributed by atoms with Crippen LogP contribution in [0.25, 0.3) is 0 Å². The summed E-state index contributed by atoms with van der Waals surface area (Å²) in [7, 11) is -1.72. The van der Waals surface area contributed by atoms with E-state index < -0.39 is 14.6 Å². The van der Waals surface area contributed by atoms with Crippen molar-refractivity contribution in [2.75, 3.05) is 19.5 Å². The van der Waals surface area contributed by atoms with Gasteiger partial charge in [0, 0.05) is 19.5 Å². The quantitative estimate of drug-likeness (QED) is 0.750. The van der Waals surface area contributed by atoms with E-state index in [1.165, 1.54) is 0 Å². The van der Waals surface area contributed by atoms with E-state index in [4.69, 9.17) is 4.74 Å². The summed E-state index contributed by atoms with van der Waals surface area (Å²) < 4.78 is 28.0. The SMILES string of the molecule is CCS(=O)(=O)[C@]1(C#N)C[C@H](COC)C[C@@H]1C. The molecule has 0 aromatic carbocycles. The maximum Gasteiger partial charge on any atom is 0.169 e. The van der Waals surface area contributed by atoms with Crippen LogP contribution in [0.15, 0.2) is 0 Å². The molecule has 0 heterocycles. The Balaban J connectivity index is 3.04. The monoisotopic (exact) mass is 245 g/mol. The van der Waals surface area contributed by atoms with Crippen LogP contribution >= 0.6 is 0 Å². The Labute approximate surface area is 97.5 Å². The fraction of sp³-hybridized carbons (Fsp3) is 0.909. The van der Waals surface area contributed by atoms with Crippen molar-refractivity contribution < 1.29 is 13.2 Å². The summed E-state index contributed by atoms with van der Waals surface area (Å²) in [6, 6.07) is 2.06. The Morgan fingerprint density at radius 3 is 2.62 bits per heavy atom. The van der Waals surface area contributed by atoms with Crippen molar-refractivity contribution in [1.82, 2.24) is 0 Å². The molecule has 4 nitrogen and oxygen atoms in total. The predicted octanol–water partition coefficient (Wildman–Crippen LogP) is 1.38. The molecule has 0 saturated heterocycles. The van der Waals surface area contributed by atoms with Crippen LogP contribution in [0.4, 0.5) is 0 Å². The van der Waals surface area contributed by atoms with Crippen molar-refractivity contribution in [1.29, 1.82) is 5.26 Å². The Kier molecular flexibility index (Phi) is 3.97. The molecule has 92 valence electrons. The summed E-state index contributed by atoms with van der Waals surface area (Å²) in [6.45, 7) is 3.99. The minimum absolute atomic E-state index is 0.0323. The summed E-state index contributed by atoms with van der Waals surface area (Å²) in [6.07, 6.45) is 1.16. The minimum Gasteiger partial charge on any atom is -0.384 e. The highest BCUT2D eigenvalue weighted by molar-refractivity contribution is 7.93. The van der Waals surface area contributed by atoms with E-state index in [2.05, 4.69) is 6.07 Å². The second-order valence-electron chi connectivity index (χ2n) is 4.57. The van der Waals surface area contributed by atoms with E-state index >= 15 is 0 Å². The van der Waals surface area contributed by atoms with Crippen LogP contribution in [-0.4, -0.2) is 32.6 Å². The predicted molar refractivity (Wildman–Crippen MR) is 61.6 cm³/mol. The number of rotatable bonds is 4. The lowest BCUT2D eigenvalue weighted by Gasteiger charge is -2.25. The van der Waals surface area contributed by atoms with Crippen molar-refractivity contribution >= 4 is 9.84 Å². The number of nitriles is 1. The molecule has 0 unspecified atom stereocenters. The molecule has 3 atom stereocenters. The molecule has 0 N–H and O–H groups in total. The maximum absolute atomic E-state index is 12.1. The fourth-order valence-electron chi connectivity index (χ4n) is 2.68. The van der Waals surface area contributed by atoms with Gasteiger partial charge in [0.2, 0.25) is 0 Å². The molecule has 1 aliphatic rings. The first-order chi connectivity index (χ1) is 7.43. The van der Waals surface area contributed by atoms with Gasteiger partial charge in [0.1, 0.15) is 0 Å². The summed E-state index contributed by atoms with van der Waals surface area (Å²) >= 11 is 0. The molecule has 0 radical (unpaired) electrons. The largest absolute Gasteiger partial charge is 0.384 e. The summed E-state index contributed by atoms with van der Waals surface area (Å²) in [4.78, 5) is 0. The number of nitrogens with zero attached hydrogens (tertiary/aromatic N) is 1. The molecule has 1 saturated carbocycles. The molecule has 1 rings (SSSR count). The molecule has 0 aromatic heterocycles. The van der Waals surface area contributed by atoms with Gasteiger partial charge in [-0.1, -0.05) is 13.8 Å². The van der Waals surface area contributed by atoms with Crippen LogP contribution in [0.2, 0.25) is 0 Å². The topological polar surface area (TPSA) is 67.2 Å². The highest BCUT2D eigenvalue weighted by Crippen LogP contribution is 2.45. The molecule has 1 aliphatic carbocycles. The minimum atomic E-state index is -3.33. The lowest BCUT2D eigenvalue weighted by molar-refractivity contribution is 0.153. The van der Waals surface area contributed by atoms with E-state index in [0.29, 0.717) is 13.0 Å². The van der Waals surface area contributed by atoms with Gasteiger partial charge in [-0.25, -0.2) is 8.42 Å². The van der Waals surface area contributed by atoms with Gasteiger partial charge in [0.05, 0.1) is 6.07 Å². The Morgan fingerprint density at radius 1 is 1.56 bits per heavy atom. The summed E-state index contributed by atoms with van der Waals surface area (Å²) in [5, 5.41) is 9.27. The van der Waals surface area contributed by atoms with E-state index in [9.17, 15) is 13.7 Å². The van der Waals surface area contributed by atoms with Crippen LogP contribution in [-0.2, 0) is 14.6 Å². The summed E-state index contributed by atoms with van der Waals surface area (Å²) in [5.74, 6) is 0.105. The molecule has 1 fully saturated rings. The lowest BCUT2D eigenvalue weighted by atomic mass is 9.99. The van der Waals surface area contributed by atoms with Crippen LogP contribution in [0.3, 0.4) is 0 Å². The number of ether oxygens (including phenoxy) is 1. The summed E-state index contributed by atoms with van der Waals surface area (Å²) in [5.41, 5.74) is 0. The zero-order valence-corrected chi connectivity index (χ0v) is 10.9. The van der Waals surface area contributed by atoms with Crippen LogP contribution in [0, 0.1) is 23.2 Å². The van der Waals surface area contributed by atoms with E-state index in [1.54, 1.807) is 14.0 Å². The number of hydrogen-bond acceptors (Lipinski definition) is 4. The average molecular weight is 245 g/mol. The van der Waals surface area contributed by atoms with Crippen LogP contribution in [0.1, 0.15) is 26.7 Å². The number of methoxy groups -OCH3 is 1. The third-order valence-corrected chi connectivity index (χ3v) is 6.13. The van der Waals surface area contributed by atoms with E-state index in [1.807, 2.05) is 6.92 Å². The van der Waals surface area contributed by atoms with Gasteiger partial charge < -0.3 is 4.74 Å². The van der Waals surface area contributed by atoms with E-state index in [0.717, 1.165) is 6.42 Å². The maximum atomic E-state index is 12.1. The van der Waals surface area contributed by atoms with Gasteiger partial charge in [-0.05, 0) is 24.7 Å². The second kappa shape index (κ2) is 4.72. The molecule has 0 aliphatic heterocycles. The first-order valence-electron chi connectivity index (χ1n) is 5.56. The van der Waals surface area contributed by atoms with Gasteiger partial charge >= 0.3 is 0 Å². The van der Waals surface area contributed by atoms with Gasteiger partial charge in [-0.3, -0.25) is 0 Å². The van der Waals surface area contributed by atoms with Crippen molar-refractivity contribution in [3.05, 3.63) is 0 Å². The van der Waals surface area contributed by atoms with Crippen molar-refractivity contribution in [2.24, 2.45) is 11.8 Å². The third kappa shape index (κ3) is 1.96. The van der Waals surface area contributed by atoms with Crippen molar-refractivity contribution in [3.63, 3.8) is 0 Å². The smallest absolute Gasteiger partial charge is 0.169 e. The van der Waals surface area contributed by atoms with Gasteiger partial charge in [-0.2, -0.15) is 5.26 Å². The first-order valence-corrected chi connectivity index (χ1v) is 7.21. The van der Waals surface area contributed by atoms with Crippen molar-refractivity contribution in [3.8, 4) is 6.07 Å².